The number of likely N-dealkylation sites (tertiary alicyclic amines) is 1. The van der Waals surface area contributed by atoms with Gasteiger partial charge in [-0.3, -0.25) is 14.7 Å². The highest BCUT2D eigenvalue weighted by Crippen LogP contribution is 2.17. The van der Waals surface area contributed by atoms with Crippen LogP contribution in [0.1, 0.15) is 42.6 Å². The Morgan fingerprint density at radius 2 is 2.14 bits per heavy atom. The third-order valence-electron chi connectivity index (χ3n) is 5.22. The molecule has 1 amide bonds. The van der Waals surface area contributed by atoms with Crippen LogP contribution in [0.3, 0.4) is 0 Å². The minimum Gasteiger partial charge on any atom is -0.356 e. The van der Waals surface area contributed by atoms with E-state index < -0.39 is 0 Å². The Morgan fingerprint density at radius 3 is 2.82 bits per heavy atom. The molecule has 0 saturated carbocycles. The molecule has 6 nitrogen and oxygen atoms in total. The molecule has 0 spiro atoms. The third kappa shape index (κ3) is 7.95. The quantitative estimate of drug-likeness (QED) is 0.305. The van der Waals surface area contributed by atoms with Gasteiger partial charge in [0.15, 0.2) is 5.96 Å². The summed E-state index contributed by atoms with van der Waals surface area (Å²) in [6.45, 7) is 8.66. The number of carbonyl (C=O) groups excluding carboxylic acids is 1. The average molecular weight is 501 g/mol. The zero-order chi connectivity index (χ0) is 19.6. The topological polar surface area (TPSA) is 68.8 Å². The van der Waals surface area contributed by atoms with Crippen molar-refractivity contribution in [3.8, 4) is 0 Å². The van der Waals surface area contributed by atoms with Crippen LogP contribution < -0.4 is 16.0 Å². The van der Waals surface area contributed by atoms with E-state index >= 15 is 0 Å². The molecule has 2 unspecified atom stereocenters. The van der Waals surface area contributed by atoms with Crippen molar-refractivity contribution in [1.82, 2.24) is 20.9 Å². The highest BCUT2D eigenvalue weighted by Gasteiger charge is 2.20. The summed E-state index contributed by atoms with van der Waals surface area (Å²) in [6.07, 6.45) is 3.49. The summed E-state index contributed by atoms with van der Waals surface area (Å²) in [5.41, 5.74) is 1.83. The van der Waals surface area contributed by atoms with Crippen LogP contribution >= 0.6 is 24.0 Å². The van der Waals surface area contributed by atoms with Crippen molar-refractivity contribution in [1.29, 1.82) is 0 Å². The van der Waals surface area contributed by atoms with Gasteiger partial charge in [0, 0.05) is 45.3 Å². The number of aliphatic imine (C=N–C) groups is 1. The Balaban J connectivity index is 0.00000392. The van der Waals surface area contributed by atoms with Crippen molar-refractivity contribution in [3.63, 3.8) is 0 Å². The summed E-state index contributed by atoms with van der Waals surface area (Å²) in [6, 6.07) is 8.24. The molecule has 28 heavy (non-hydrogen) atoms. The summed E-state index contributed by atoms with van der Waals surface area (Å²) >= 11 is 0. The Bertz CT molecular complexity index is 637. The molecule has 1 fully saturated rings. The van der Waals surface area contributed by atoms with Gasteiger partial charge in [-0.2, -0.15) is 0 Å². The molecule has 0 aromatic heterocycles. The molecular weight excluding hydrogens is 465 g/mol. The van der Waals surface area contributed by atoms with Gasteiger partial charge in [-0.25, -0.2) is 0 Å². The average Bonchev–Trinajstić information content (AvgIpc) is 2.69. The lowest BCUT2D eigenvalue weighted by atomic mass is 9.99. The van der Waals surface area contributed by atoms with E-state index in [1.807, 2.05) is 24.3 Å². The number of rotatable bonds is 7. The molecule has 1 aliphatic rings. The van der Waals surface area contributed by atoms with Crippen molar-refractivity contribution < 1.29 is 4.79 Å². The first-order valence-electron chi connectivity index (χ1n) is 10.0. The van der Waals surface area contributed by atoms with Gasteiger partial charge in [-0.05, 0) is 56.3 Å². The smallest absolute Gasteiger partial charge is 0.251 e. The first-order valence-corrected chi connectivity index (χ1v) is 10.0. The molecule has 1 heterocycles. The minimum absolute atomic E-state index is 0. The molecule has 1 aromatic carbocycles. The summed E-state index contributed by atoms with van der Waals surface area (Å²) in [7, 11) is 3.45. The first-order chi connectivity index (χ1) is 13.0. The zero-order valence-electron chi connectivity index (χ0n) is 17.6. The fourth-order valence-corrected chi connectivity index (χ4v) is 3.56. The third-order valence-corrected chi connectivity index (χ3v) is 5.22. The molecule has 1 aliphatic heterocycles. The normalized spacial score (nSPS) is 18.7. The van der Waals surface area contributed by atoms with E-state index in [0.29, 0.717) is 11.6 Å². The monoisotopic (exact) mass is 501 g/mol. The number of guanidine groups is 1. The largest absolute Gasteiger partial charge is 0.356 e. The number of amides is 1. The molecular formula is C21H36IN5O. The van der Waals surface area contributed by atoms with Crippen molar-refractivity contribution in [2.45, 2.75) is 39.2 Å². The molecule has 0 aliphatic carbocycles. The van der Waals surface area contributed by atoms with E-state index in [-0.39, 0.29) is 29.9 Å². The predicted octanol–water partition coefficient (Wildman–Crippen LogP) is 2.49. The molecule has 7 heteroatoms. The summed E-state index contributed by atoms with van der Waals surface area (Å²) < 4.78 is 0. The second kappa shape index (κ2) is 13.0. The number of carbonyl (C=O) groups is 1. The SMILES string of the molecule is CN=C(NCCc1cccc(C(=O)NC)c1)NCC(C)N1CCCC(C)C1.I. The number of piperidine rings is 1. The Morgan fingerprint density at radius 1 is 1.36 bits per heavy atom. The Kier molecular flexibility index (Phi) is 11.4. The van der Waals surface area contributed by atoms with Gasteiger partial charge >= 0.3 is 0 Å². The van der Waals surface area contributed by atoms with Crippen LogP contribution in [0.2, 0.25) is 0 Å². The molecule has 0 bridgehead atoms. The second-order valence-electron chi connectivity index (χ2n) is 7.50. The molecule has 0 radical (unpaired) electrons. The molecule has 2 rings (SSSR count). The second-order valence-corrected chi connectivity index (χ2v) is 7.50. The minimum atomic E-state index is -0.0525. The Hall–Kier alpha value is -1.35. The number of halogens is 1. The van der Waals surface area contributed by atoms with Crippen LogP contribution in [0.25, 0.3) is 0 Å². The fourth-order valence-electron chi connectivity index (χ4n) is 3.56. The van der Waals surface area contributed by atoms with Crippen LogP contribution in [0.15, 0.2) is 29.3 Å². The highest BCUT2D eigenvalue weighted by molar-refractivity contribution is 14.0. The molecule has 2 atom stereocenters. The van der Waals surface area contributed by atoms with Gasteiger partial charge in [0.1, 0.15) is 0 Å². The van der Waals surface area contributed by atoms with Crippen LogP contribution in [-0.4, -0.2) is 63.1 Å². The van der Waals surface area contributed by atoms with Crippen molar-refractivity contribution in [2.75, 3.05) is 40.3 Å². The molecule has 3 N–H and O–H groups in total. The lowest BCUT2D eigenvalue weighted by Gasteiger charge is -2.35. The van der Waals surface area contributed by atoms with Gasteiger partial charge in [0.2, 0.25) is 0 Å². The highest BCUT2D eigenvalue weighted by atomic mass is 127. The van der Waals surface area contributed by atoms with Crippen molar-refractivity contribution in [2.24, 2.45) is 10.9 Å². The number of nitrogens with zero attached hydrogens (tertiary/aromatic N) is 2. The maximum absolute atomic E-state index is 11.7. The van der Waals surface area contributed by atoms with Crippen LogP contribution in [0.4, 0.5) is 0 Å². The van der Waals surface area contributed by atoms with Gasteiger partial charge in [0.05, 0.1) is 0 Å². The van der Waals surface area contributed by atoms with E-state index in [1.165, 1.54) is 25.9 Å². The van der Waals surface area contributed by atoms with Crippen LogP contribution in [-0.2, 0) is 6.42 Å². The number of hydrogen-bond donors (Lipinski definition) is 3. The first kappa shape index (κ1) is 24.7. The van der Waals surface area contributed by atoms with Gasteiger partial charge < -0.3 is 16.0 Å². The maximum Gasteiger partial charge on any atom is 0.251 e. The molecule has 158 valence electrons. The summed E-state index contributed by atoms with van der Waals surface area (Å²) in [5, 5.41) is 9.47. The van der Waals surface area contributed by atoms with E-state index in [0.717, 1.165) is 37.0 Å². The molecule has 1 saturated heterocycles. The van der Waals surface area contributed by atoms with Gasteiger partial charge in [-0.1, -0.05) is 19.1 Å². The van der Waals surface area contributed by atoms with E-state index in [2.05, 4.69) is 39.7 Å². The summed E-state index contributed by atoms with van der Waals surface area (Å²) in [4.78, 5) is 18.6. The van der Waals surface area contributed by atoms with Crippen LogP contribution in [0.5, 0.6) is 0 Å². The standard InChI is InChI=1S/C21H35N5O.HI/c1-16-7-6-12-26(15-16)17(2)14-25-21(23-4)24-11-10-18-8-5-9-19(13-18)20(27)22-3;/h5,8-9,13,16-17H,6-7,10-12,14-15H2,1-4H3,(H,22,27)(H2,23,24,25);1H. The summed E-state index contributed by atoms with van der Waals surface area (Å²) in [5.74, 6) is 1.57. The lowest BCUT2D eigenvalue weighted by molar-refractivity contribution is 0.0963. The van der Waals surface area contributed by atoms with E-state index in [4.69, 9.17) is 0 Å². The van der Waals surface area contributed by atoms with E-state index in [1.54, 1.807) is 14.1 Å². The van der Waals surface area contributed by atoms with Gasteiger partial charge in [0.25, 0.3) is 5.91 Å². The molecule has 1 aromatic rings. The zero-order valence-corrected chi connectivity index (χ0v) is 20.0. The van der Waals surface area contributed by atoms with Crippen molar-refractivity contribution >= 4 is 35.8 Å². The number of benzene rings is 1. The van der Waals surface area contributed by atoms with E-state index in [9.17, 15) is 4.79 Å². The maximum atomic E-state index is 11.7. The fraction of sp³-hybridized carbons (Fsp3) is 0.619. The lowest BCUT2D eigenvalue weighted by Crippen LogP contribution is -2.48. The Labute approximate surface area is 187 Å². The van der Waals surface area contributed by atoms with Gasteiger partial charge in [-0.15, -0.1) is 24.0 Å². The van der Waals surface area contributed by atoms with Crippen LogP contribution in [0, 0.1) is 5.92 Å². The number of hydrogen-bond acceptors (Lipinski definition) is 3. The number of nitrogens with one attached hydrogen (secondary N) is 3. The predicted molar refractivity (Wildman–Crippen MR) is 128 cm³/mol. The van der Waals surface area contributed by atoms with Crippen molar-refractivity contribution in [3.05, 3.63) is 35.4 Å².